The van der Waals surface area contributed by atoms with Crippen molar-refractivity contribution in [3.8, 4) is 5.75 Å². The van der Waals surface area contributed by atoms with Crippen LogP contribution in [-0.4, -0.2) is 104 Å². The van der Waals surface area contributed by atoms with Gasteiger partial charge in [0.2, 0.25) is 5.91 Å². The third kappa shape index (κ3) is 11.2. The van der Waals surface area contributed by atoms with E-state index in [2.05, 4.69) is 10.3 Å². The standard InChI is InChI=1S/C43H60N2O11/c1-9-11-13-21-33-42(6,7)32(47)25-43(53,56-33)29(10-2)40(51)44-23-17-16-19-27(4)38(54-8)28(5)39-37(50)36(49)31(55-39)20-15-12-14-18-26(3)35(48)34-30(46)22-24-45-41(34)52/h9,11-22,24,28-29,31-33,36-39,47,49-50,53H,10,23,25H2,1-8H3,(H,44,51)(H2,45,46,52)/b11-9-,14-12+,17-16+,20-15+,21-13+,26-18+,27-19+/t28-,29-,31-,32+,33+,36+,37+,38-,39+,43+/m1/s1. The van der Waals surface area contributed by atoms with Crippen LogP contribution in [0.5, 0.6) is 5.75 Å². The summed E-state index contributed by atoms with van der Waals surface area (Å²) in [5.41, 5.74) is -0.681. The fraction of sp³-hybridized carbons (Fsp3) is 0.512. The van der Waals surface area contributed by atoms with Gasteiger partial charge >= 0.3 is 0 Å². The Morgan fingerprint density at radius 2 is 1.75 bits per heavy atom. The van der Waals surface area contributed by atoms with Gasteiger partial charge in [0, 0.05) is 37.6 Å². The van der Waals surface area contributed by atoms with Gasteiger partial charge in [0.1, 0.15) is 29.6 Å². The fourth-order valence-electron chi connectivity index (χ4n) is 7.02. The largest absolute Gasteiger partial charge is 0.507 e. The molecule has 0 unspecified atom stereocenters. The summed E-state index contributed by atoms with van der Waals surface area (Å²) in [4.78, 5) is 40.2. The van der Waals surface area contributed by atoms with Crippen molar-refractivity contribution in [3.63, 3.8) is 0 Å². The van der Waals surface area contributed by atoms with Crippen molar-refractivity contribution in [2.75, 3.05) is 13.7 Å². The van der Waals surface area contributed by atoms with Gasteiger partial charge in [0.05, 0.1) is 30.3 Å². The van der Waals surface area contributed by atoms with Gasteiger partial charge in [-0.3, -0.25) is 14.4 Å². The first kappa shape index (κ1) is 46.2. The summed E-state index contributed by atoms with van der Waals surface area (Å²) < 4.78 is 18.0. The third-order valence-corrected chi connectivity index (χ3v) is 10.6. The van der Waals surface area contributed by atoms with E-state index in [0.717, 1.165) is 5.57 Å². The number of aromatic amines is 1. The second kappa shape index (κ2) is 20.8. The normalized spacial score (nSPS) is 29.2. The quantitative estimate of drug-likeness (QED) is 0.0681. The fourth-order valence-corrected chi connectivity index (χ4v) is 7.02. The molecule has 13 nitrogen and oxygen atoms in total. The Labute approximate surface area is 329 Å². The molecule has 7 N–H and O–H groups in total. The number of aromatic hydroxyl groups is 1. The number of hydrogen-bond acceptors (Lipinski definition) is 11. The maximum atomic E-state index is 13.3. The highest BCUT2D eigenvalue weighted by molar-refractivity contribution is 6.09. The molecule has 10 atom stereocenters. The van der Waals surface area contributed by atoms with Crippen molar-refractivity contribution in [1.29, 1.82) is 0 Å². The first-order valence-corrected chi connectivity index (χ1v) is 18.9. The number of aliphatic hydroxyl groups excluding tert-OH is 3. The molecule has 2 fully saturated rings. The number of hydrogen-bond donors (Lipinski definition) is 7. The molecule has 308 valence electrons. The molecule has 0 saturated carbocycles. The Hall–Kier alpha value is -4.21. The lowest BCUT2D eigenvalue weighted by Gasteiger charge is -2.50. The van der Waals surface area contributed by atoms with Crippen molar-refractivity contribution in [2.24, 2.45) is 17.3 Å². The van der Waals surface area contributed by atoms with E-state index in [9.17, 15) is 39.9 Å². The van der Waals surface area contributed by atoms with Crippen LogP contribution in [0, 0.1) is 17.3 Å². The van der Waals surface area contributed by atoms with Crippen LogP contribution in [0.2, 0.25) is 0 Å². The molecule has 2 saturated heterocycles. The maximum absolute atomic E-state index is 13.3. The lowest BCUT2D eigenvalue weighted by Crippen LogP contribution is -2.60. The first-order chi connectivity index (χ1) is 26.4. The first-order valence-electron chi connectivity index (χ1n) is 18.9. The zero-order valence-corrected chi connectivity index (χ0v) is 33.6. The maximum Gasteiger partial charge on any atom is 0.262 e. The molecule has 0 aliphatic carbocycles. The molecule has 0 spiro atoms. The number of ether oxygens (including phenoxy) is 3. The Kier molecular flexibility index (Phi) is 17.2. The molecule has 13 heteroatoms. The van der Waals surface area contributed by atoms with Crippen LogP contribution < -0.4 is 10.9 Å². The second-order valence-corrected chi connectivity index (χ2v) is 15.0. The summed E-state index contributed by atoms with van der Waals surface area (Å²) in [6.45, 7) is 12.8. The average Bonchev–Trinajstić information content (AvgIpc) is 3.42. The minimum Gasteiger partial charge on any atom is -0.507 e. The van der Waals surface area contributed by atoms with E-state index >= 15 is 0 Å². The van der Waals surface area contributed by atoms with Crippen LogP contribution in [0.4, 0.5) is 0 Å². The van der Waals surface area contributed by atoms with Crippen LogP contribution in [-0.2, 0) is 19.0 Å². The van der Waals surface area contributed by atoms with Crippen molar-refractivity contribution in [1.82, 2.24) is 10.3 Å². The molecule has 2 aliphatic rings. The van der Waals surface area contributed by atoms with Gasteiger partial charge in [-0.25, -0.2) is 0 Å². The number of Topliss-reactive ketones (excluding diaryl/α,β-unsaturated/α-hetero) is 1. The highest BCUT2D eigenvalue weighted by Crippen LogP contribution is 2.44. The summed E-state index contributed by atoms with van der Waals surface area (Å²) >= 11 is 0. The highest BCUT2D eigenvalue weighted by Gasteiger charge is 2.54. The lowest BCUT2D eigenvalue weighted by molar-refractivity contribution is -0.314. The number of ketones is 1. The van der Waals surface area contributed by atoms with Crippen LogP contribution >= 0.6 is 0 Å². The Morgan fingerprint density at radius 3 is 2.39 bits per heavy atom. The molecule has 56 heavy (non-hydrogen) atoms. The Balaban J connectivity index is 1.58. The zero-order chi connectivity index (χ0) is 41.8. The predicted molar refractivity (Wildman–Crippen MR) is 214 cm³/mol. The monoisotopic (exact) mass is 780 g/mol. The number of carbonyl (C=O) groups excluding carboxylic acids is 2. The molecular weight excluding hydrogens is 720 g/mol. The molecule has 3 rings (SSSR count). The number of amides is 1. The summed E-state index contributed by atoms with van der Waals surface area (Å²) in [5, 5.41) is 56.9. The number of carbonyl (C=O) groups is 2. The van der Waals surface area contributed by atoms with Gasteiger partial charge < -0.3 is 50.0 Å². The van der Waals surface area contributed by atoms with Crippen LogP contribution in [0.3, 0.4) is 0 Å². The smallest absolute Gasteiger partial charge is 0.262 e. The van der Waals surface area contributed by atoms with Gasteiger partial charge in [-0.2, -0.15) is 0 Å². The predicted octanol–water partition coefficient (Wildman–Crippen LogP) is 4.10. The van der Waals surface area contributed by atoms with Crippen molar-refractivity contribution in [2.45, 2.75) is 110 Å². The molecule has 1 amide bonds. The van der Waals surface area contributed by atoms with Gasteiger partial charge in [-0.1, -0.05) is 101 Å². The van der Waals surface area contributed by atoms with E-state index in [4.69, 9.17) is 14.2 Å². The summed E-state index contributed by atoms with van der Waals surface area (Å²) in [6.07, 6.45) is 15.9. The number of pyridine rings is 1. The number of aromatic nitrogens is 1. The van der Waals surface area contributed by atoms with E-state index in [1.807, 2.05) is 52.8 Å². The van der Waals surface area contributed by atoms with Gasteiger partial charge in [-0.05, 0) is 44.4 Å². The zero-order valence-electron chi connectivity index (χ0n) is 33.6. The summed E-state index contributed by atoms with van der Waals surface area (Å²) in [6, 6.07) is 1.23. The van der Waals surface area contributed by atoms with E-state index < -0.39 is 82.8 Å². The molecule has 0 bridgehead atoms. The number of methoxy groups -OCH3 is 1. The molecule has 0 radical (unpaired) electrons. The summed E-state index contributed by atoms with van der Waals surface area (Å²) in [7, 11) is 1.54. The number of H-pyrrole nitrogens is 1. The number of allylic oxidation sites excluding steroid dienone is 10. The van der Waals surface area contributed by atoms with Crippen molar-refractivity contribution >= 4 is 11.7 Å². The average molecular weight is 781 g/mol. The molecule has 3 heterocycles. The number of aliphatic hydroxyl groups is 4. The highest BCUT2D eigenvalue weighted by atomic mass is 16.6. The van der Waals surface area contributed by atoms with Crippen molar-refractivity contribution < 1.29 is 49.3 Å². The van der Waals surface area contributed by atoms with Gasteiger partial charge in [0.15, 0.2) is 11.6 Å². The van der Waals surface area contributed by atoms with E-state index in [0.29, 0.717) is 6.42 Å². The van der Waals surface area contributed by atoms with Crippen LogP contribution in [0.25, 0.3) is 0 Å². The number of rotatable bonds is 17. The van der Waals surface area contributed by atoms with Crippen molar-refractivity contribution in [3.05, 3.63) is 112 Å². The second-order valence-electron chi connectivity index (χ2n) is 15.0. The van der Waals surface area contributed by atoms with Crippen LogP contribution in [0.1, 0.15) is 71.7 Å². The minimum atomic E-state index is -1.86. The molecular formula is C43H60N2O11. The molecule has 2 aliphatic heterocycles. The molecule has 0 aromatic carbocycles. The Bertz CT molecular complexity index is 1770. The van der Waals surface area contributed by atoms with Gasteiger partial charge in [0.25, 0.3) is 5.56 Å². The van der Waals surface area contributed by atoms with E-state index in [1.165, 1.54) is 25.3 Å². The van der Waals surface area contributed by atoms with Crippen LogP contribution in [0.15, 0.2) is 101 Å². The minimum absolute atomic E-state index is 0.104. The topological polar surface area (TPSA) is 208 Å². The van der Waals surface area contributed by atoms with Gasteiger partial charge in [-0.15, -0.1) is 0 Å². The Morgan fingerprint density at radius 1 is 1.05 bits per heavy atom. The molecule has 1 aromatic heterocycles. The SMILES string of the molecule is C/C=C\C=C\[C@@H]1O[C@](O)([C@H](CC)C(=O)NC/C=C/C=C(\C)[C@@H](OC)[C@@H](C)[C@@H]2O[C@H](/C=C/C=C/C=C(\C)C(=O)c3c(O)cc[nH]c3=O)[C@H](O)[C@@H]2O)C[C@H](O)C1(C)C. The number of nitrogens with one attached hydrogen (secondary N) is 2. The molecule has 1 aromatic rings. The third-order valence-electron chi connectivity index (χ3n) is 10.6. The lowest BCUT2D eigenvalue weighted by atomic mass is 9.72. The summed E-state index contributed by atoms with van der Waals surface area (Å²) in [5.74, 6) is -4.58. The van der Waals surface area contributed by atoms with E-state index in [-0.39, 0.29) is 30.0 Å². The van der Waals surface area contributed by atoms with E-state index in [1.54, 1.807) is 62.6 Å².